The van der Waals surface area contributed by atoms with Crippen molar-refractivity contribution < 1.29 is 19.1 Å². The van der Waals surface area contributed by atoms with Gasteiger partial charge in [-0.2, -0.15) is 0 Å². The Morgan fingerprint density at radius 2 is 2.05 bits per heavy atom. The molecule has 22 heavy (non-hydrogen) atoms. The first-order valence-electron chi connectivity index (χ1n) is 6.96. The molecular weight excluding hydrogens is 282 g/mol. The molecule has 0 aliphatic carbocycles. The van der Waals surface area contributed by atoms with Gasteiger partial charge >= 0.3 is 5.97 Å². The first-order chi connectivity index (χ1) is 10.5. The van der Waals surface area contributed by atoms with Crippen molar-refractivity contribution in [3.8, 4) is 11.1 Å². The second-order valence-corrected chi connectivity index (χ2v) is 5.27. The van der Waals surface area contributed by atoms with Crippen molar-refractivity contribution in [3.05, 3.63) is 48.0 Å². The molecule has 2 N–H and O–H groups in total. The van der Waals surface area contributed by atoms with Crippen LogP contribution in [0.25, 0.3) is 22.0 Å². The number of fused-ring (bicyclic) bond motifs is 1. The highest BCUT2D eigenvalue weighted by Gasteiger charge is 2.15. The Bertz CT molecular complexity index is 857. The molecule has 0 bridgehead atoms. The van der Waals surface area contributed by atoms with Gasteiger partial charge in [0, 0.05) is 34.6 Å². The number of aliphatic carboxylic acids is 1. The number of furan rings is 1. The number of nitrogens with one attached hydrogen (secondary N) is 1. The summed E-state index contributed by atoms with van der Waals surface area (Å²) >= 11 is 0. The molecule has 0 saturated heterocycles. The summed E-state index contributed by atoms with van der Waals surface area (Å²) in [6, 6.07) is 7.76. The van der Waals surface area contributed by atoms with Gasteiger partial charge in [0.1, 0.15) is 0 Å². The van der Waals surface area contributed by atoms with Gasteiger partial charge in [-0.3, -0.25) is 9.59 Å². The fourth-order valence-electron chi connectivity index (χ4n) is 2.45. The van der Waals surface area contributed by atoms with E-state index in [-0.39, 0.29) is 24.4 Å². The molecule has 0 spiro atoms. The molecule has 2 heterocycles. The number of rotatable bonds is 5. The van der Waals surface area contributed by atoms with Crippen molar-refractivity contribution in [2.24, 2.45) is 0 Å². The van der Waals surface area contributed by atoms with E-state index < -0.39 is 5.97 Å². The summed E-state index contributed by atoms with van der Waals surface area (Å²) in [7, 11) is 0. The number of hydrogen-bond donors (Lipinski definition) is 2. The van der Waals surface area contributed by atoms with Crippen LogP contribution in [0.15, 0.2) is 41.1 Å². The van der Waals surface area contributed by atoms with E-state index in [4.69, 9.17) is 9.52 Å². The van der Waals surface area contributed by atoms with Crippen molar-refractivity contribution in [3.63, 3.8) is 0 Å². The van der Waals surface area contributed by atoms with Crippen LogP contribution in [-0.4, -0.2) is 21.8 Å². The third-order valence-electron chi connectivity index (χ3n) is 3.59. The number of aryl methyl sites for hydroxylation is 1. The van der Waals surface area contributed by atoms with Crippen molar-refractivity contribution in [1.29, 1.82) is 0 Å². The fraction of sp³-hybridized carbons (Fsp3) is 0.176. The van der Waals surface area contributed by atoms with Crippen molar-refractivity contribution in [2.75, 3.05) is 0 Å². The van der Waals surface area contributed by atoms with Crippen LogP contribution >= 0.6 is 0 Å². The highest BCUT2D eigenvalue weighted by atomic mass is 16.4. The molecule has 3 aromatic rings. The molecule has 0 saturated carbocycles. The fourth-order valence-corrected chi connectivity index (χ4v) is 2.45. The lowest BCUT2D eigenvalue weighted by Crippen LogP contribution is -2.02. The van der Waals surface area contributed by atoms with E-state index in [1.807, 2.05) is 25.3 Å². The van der Waals surface area contributed by atoms with Gasteiger partial charge in [0.15, 0.2) is 11.5 Å². The summed E-state index contributed by atoms with van der Waals surface area (Å²) < 4.78 is 5.30. The van der Waals surface area contributed by atoms with Crippen LogP contribution in [0.5, 0.6) is 0 Å². The number of carboxylic acid groups (broad SMARTS) is 1. The van der Waals surface area contributed by atoms with Gasteiger partial charge in [0.25, 0.3) is 0 Å². The molecule has 2 aromatic heterocycles. The molecule has 5 nitrogen and oxygen atoms in total. The van der Waals surface area contributed by atoms with Gasteiger partial charge in [-0.15, -0.1) is 0 Å². The Labute approximate surface area is 126 Å². The maximum atomic E-state index is 11.9. The molecule has 0 aliphatic heterocycles. The molecule has 5 heteroatoms. The minimum atomic E-state index is -0.993. The maximum Gasteiger partial charge on any atom is 0.303 e. The topological polar surface area (TPSA) is 83.3 Å². The van der Waals surface area contributed by atoms with Crippen LogP contribution in [0.2, 0.25) is 0 Å². The van der Waals surface area contributed by atoms with E-state index in [1.54, 1.807) is 6.07 Å². The number of H-pyrrole nitrogens is 1. The van der Waals surface area contributed by atoms with E-state index in [0.29, 0.717) is 0 Å². The monoisotopic (exact) mass is 297 g/mol. The Balaban J connectivity index is 1.89. The SMILES string of the molecule is Cc1ccc2c(-c3coc(C(=O)CCC(=O)O)c3)c[nH]c2c1. The number of ketones is 1. The number of carbonyl (C=O) groups excluding carboxylic acids is 1. The number of Topliss-reactive ketones (excluding diaryl/α,β-unsaturated/α-hetero) is 1. The maximum absolute atomic E-state index is 11.9. The van der Waals surface area contributed by atoms with Crippen molar-refractivity contribution in [2.45, 2.75) is 19.8 Å². The normalized spacial score (nSPS) is 11.0. The predicted molar refractivity (Wildman–Crippen MR) is 81.9 cm³/mol. The van der Waals surface area contributed by atoms with Crippen LogP contribution in [0.1, 0.15) is 29.0 Å². The molecule has 112 valence electrons. The van der Waals surface area contributed by atoms with Gasteiger partial charge in [-0.25, -0.2) is 0 Å². The third-order valence-corrected chi connectivity index (χ3v) is 3.59. The van der Waals surface area contributed by atoms with Crippen molar-refractivity contribution >= 4 is 22.7 Å². The quantitative estimate of drug-likeness (QED) is 0.702. The highest BCUT2D eigenvalue weighted by Crippen LogP contribution is 2.30. The van der Waals surface area contributed by atoms with Crippen LogP contribution in [-0.2, 0) is 4.79 Å². The van der Waals surface area contributed by atoms with Crippen molar-refractivity contribution in [1.82, 2.24) is 4.98 Å². The summed E-state index contributed by atoms with van der Waals surface area (Å²) in [4.78, 5) is 25.6. The number of carbonyl (C=O) groups is 2. The lowest BCUT2D eigenvalue weighted by Gasteiger charge is -1.96. The molecule has 1 aromatic carbocycles. The zero-order valence-corrected chi connectivity index (χ0v) is 12.1. The van der Waals surface area contributed by atoms with Crippen LogP contribution in [0.3, 0.4) is 0 Å². The van der Waals surface area contributed by atoms with Crippen LogP contribution < -0.4 is 0 Å². The largest absolute Gasteiger partial charge is 0.481 e. The standard InChI is InChI=1S/C17H15NO4/c1-10-2-3-12-13(8-18-14(12)6-10)11-7-16(22-9-11)15(19)4-5-17(20)21/h2-3,6-9,18H,4-5H2,1H3,(H,20,21). The smallest absolute Gasteiger partial charge is 0.303 e. The molecule has 0 atom stereocenters. The average Bonchev–Trinajstić information content (AvgIpc) is 3.10. The van der Waals surface area contributed by atoms with Gasteiger partial charge in [0.05, 0.1) is 12.7 Å². The average molecular weight is 297 g/mol. The molecule has 0 radical (unpaired) electrons. The Morgan fingerprint density at radius 3 is 2.82 bits per heavy atom. The lowest BCUT2D eigenvalue weighted by atomic mass is 10.1. The highest BCUT2D eigenvalue weighted by molar-refractivity contribution is 5.99. The van der Waals surface area contributed by atoms with Crippen LogP contribution in [0, 0.1) is 6.92 Å². The van der Waals surface area contributed by atoms with E-state index in [1.165, 1.54) is 6.26 Å². The van der Waals surface area contributed by atoms with E-state index in [2.05, 4.69) is 11.1 Å². The van der Waals surface area contributed by atoms with Gasteiger partial charge in [-0.1, -0.05) is 12.1 Å². The number of aromatic amines is 1. The number of carboxylic acids is 1. The molecule has 0 amide bonds. The number of aromatic nitrogens is 1. The zero-order valence-electron chi connectivity index (χ0n) is 12.1. The number of benzene rings is 1. The van der Waals surface area contributed by atoms with E-state index >= 15 is 0 Å². The molecular formula is C17H15NO4. The summed E-state index contributed by atoms with van der Waals surface area (Å²) in [5.74, 6) is -1.10. The van der Waals surface area contributed by atoms with Crippen LogP contribution in [0.4, 0.5) is 0 Å². The Hall–Kier alpha value is -2.82. The summed E-state index contributed by atoms with van der Waals surface area (Å²) in [6.45, 7) is 2.02. The molecule has 0 aliphatic rings. The van der Waals surface area contributed by atoms with E-state index in [0.717, 1.165) is 27.6 Å². The molecule has 3 rings (SSSR count). The first kappa shape index (κ1) is 14.1. The zero-order chi connectivity index (χ0) is 15.7. The molecule has 0 fully saturated rings. The third kappa shape index (κ3) is 2.65. The minimum Gasteiger partial charge on any atom is -0.481 e. The second kappa shape index (κ2) is 5.52. The molecule has 0 unspecified atom stereocenters. The predicted octanol–water partition coefficient (Wildman–Crippen LogP) is 3.78. The summed E-state index contributed by atoms with van der Waals surface area (Å²) in [5, 5.41) is 9.67. The number of hydrogen-bond acceptors (Lipinski definition) is 3. The summed E-state index contributed by atoms with van der Waals surface area (Å²) in [6.07, 6.45) is 3.15. The Morgan fingerprint density at radius 1 is 1.23 bits per heavy atom. The van der Waals surface area contributed by atoms with Gasteiger partial charge in [0.2, 0.25) is 0 Å². The lowest BCUT2D eigenvalue weighted by molar-refractivity contribution is -0.136. The summed E-state index contributed by atoms with van der Waals surface area (Å²) in [5.41, 5.74) is 3.94. The van der Waals surface area contributed by atoms with Gasteiger partial charge in [-0.05, 0) is 24.6 Å². The van der Waals surface area contributed by atoms with Gasteiger partial charge < -0.3 is 14.5 Å². The van der Waals surface area contributed by atoms with E-state index in [9.17, 15) is 9.59 Å². The Kier molecular flexibility index (Phi) is 3.55. The first-order valence-corrected chi connectivity index (χ1v) is 6.96. The minimum absolute atomic E-state index is 0.0602. The second-order valence-electron chi connectivity index (χ2n) is 5.27.